The van der Waals surface area contributed by atoms with Crippen LogP contribution in [0.15, 0.2) is 78.9 Å². The third kappa shape index (κ3) is 2.27. The molecule has 4 heteroatoms. The van der Waals surface area contributed by atoms with E-state index in [9.17, 15) is 0 Å². The maximum atomic E-state index is 6.65. The number of halogens is 1. The zero-order chi connectivity index (χ0) is 18.7. The van der Waals surface area contributed by atoms with Crippen molar-refractivity contribution < 1.29 is 0 Å². The molecule has 0 unspecified atom stereocenters. The SMILES string of the molecule is Clc1nc2sc3ccccc3c2nc1-c1cc2ccccc2c2ccccc12. The molecule has 0 aliphatic carbocycles. The van der Waals surface area contributed by atoms with Crippen LogP contribution in [0.4, 0.5) is 0 Å². The van der Waals surface area contributed by atoms with Crippen LogP contribution >= 0.6 is 22.9 Å². The number of nitrogens with zero attached hydrogens (tertiary/aromatic N) is 2. The van der Waals surface area contributed by atoms with Crippen LogP contribution in [0, 0.1) is 0 Å². The number of rotatable bonds is 1. The first kappa shape index (κ1) is 16.0. The van der Waals surface area contributed by atoms with E-state index >= 15 is 0 Å². The van der Waals surface area contributed by atoms with Gasteiger partial charge in [0.2, 0.25) is 0 Å². The maximum Gasteiger partial charge on any atom is 0.157 e. The summed E-state index contributed by atoms with van der Waals surface area (Å²) in [4.78, 5) is 10.6. The van der Waals surface area contributed by atoms with Gasteiger partial charge in [-0.05, 0) is 33.7 Å². The van der Waals surface area contributed by atoms with Crippen molar-refractivity contribution in [2.45, 2.75) is 0 Å². The molecule has 132 valence electrons. The molecule has 0 saturated heterocycles. The van der Waals surface area contributed by atoms with Gasteiger partial charge < -0.3 is 0 Å². The lowest BCUT2D eigenvalue weighted by molar-refractivity contribution is 1.32. The minimum absolute atomic E-state index is 0.444. The van der Waals surface area contributed by atoms with E-state index in [1.54, 1.807) is 11.3 Å². The molecule has 4 aromatic carbocycles. The Labute approximate surface area is 170 Å². The van der Waals surface area contributed by atoms with Crippen molar-refractivity contribution in [3.8, 4) is 11.3 Å². The molecule has 0 saturated carbocycles. The third-order valence-corrected chi connectivity index (χ3v) is 6.51. The molecule has 0 bridgehead atoms. The Hall–Kier alpha value is -3.01. The molecule has 0 spiro atoms. The minimum Gasteiger partial charge on any atom is -0.241 e. The quantitative estimate of drug-likeness (QED) is 0.269. The molecule has 0 aliphatic heterocycles. The molecule has 0 fully saturated rings. The van der Waals surface area contributed by atoms with Gasteiger partial charge in [-0.1, -0.05) is 78.3 Å². The summed E-state index contributed by atoms with van der Waals surface area (Å²) in [6.45, 7) is 0. The molecule has 28 heavy (non-hydrogen) atoms. The van der Waals surface area contributed by atoms with E-state index in [0.717, 1.165) is 32.4 Å². The summed E-state index contributed by atoms with van der Waals surface area (Å²) >= 11 is 8.28. The standard InChI is InChI=1S/C24H13ClN2S/c25-23-21(26-22-18-11-5-6-12-20(18)28-24(22)27-23)19-13-14-7-1-2-8-15(14)16-9-3-4-10-17(16)19/h1-13H. The van der Waals surface area contributed by atoms with Crippen molar-refractivity contribution in [1.29, 1.82) is 0 Å². The predicted molar refractivity (Wildman–Crippen MR) is 120 cm³/mol. The van der Waals surface area contributed by atoms with Crippen LogP contribution in [0.1, 0.15) is 0 Å². The number of fused-ring (bicyclic) bond motifs is 6. The summed E-state index contributed by atoms with van der Waals surface area (Å²) in [5.74, 6) is 0. The maximum absolute atomic E-state index is 6.65. The molecule has 0 aliphatic rings. The Morgan fingerprint density at radius 3 is 2.21 bits per heavy atom. The number of thiophene rings is 1. The number of aromatic nitrogens is 2. The van der Waals surface area contributed by atoms with Crippen molar-refractivity contribution >= 4 is 64.9 Å². The van der Waals surface area contributed by atoms with E-state index in [1.165, 1.54) is 20.9 Å². The van der Waals surface area contributed by atoms with E-state index in [4.69, 9.17) is 21.6 Å². The molecule has 0 radical (unpaired) electrons. The first-order valence-corrected chi connectivity index (χ1v) is 10.2. The van der Waals surface area contributed by atoms with E-state index in [-0.39, 0.29) is 0 Å². The van der Waals surface area contributed by atoms with Crippen LogP contribution in [-0.4, -0.2) is 9.97 Å². The average molecular weight is 397 g/mol. The number of benzene rings is 4. The van der Waals surface area contributed by atoms with Crippen molar-refractivity contribution in [3.05, 3.63) is 84.0 Å². The molecule has 2 aromatic heterocycles. The lowest BCUT2D eigenvalue weighted by Crippen LogP contribution is -1.91. The molecule has 2 nitrogen and oxygen atoms in total. The fraction of sp³-hybridized carbons (Fsp3) is 0. The van der Waals surface area contributed by atoms with Gasteiger partial charge in [-0.25, -0.2) is 9.97 Å². The van der Waals surface area contributed by atoms with Gasteiger partial charge in [-0.3, -0.25) is 0 Å². The normalized spacial score (nSPS) is 11.8. The van der Waals surface area contributed by atoms with Crippen LogP contribution in [-0.2, 0) is 0 Å². The highest BCUT2D eigenvalue weighted by atomic mass is 35.5. The zero-order valence-electron chi connectivity index (χ0n) is 14.7. The Bertz CT molecular complexity index is 1530. The molecule has 6 rings (SSSR count). The molecule has 6 aromatic rings. The molecule has 0 amide bonds. The highest BCUT2D eigenvalue weighted by molar-refractivity contribution is 7.25. The van der Waals surface area contributed by atoms with Crippen LogP contribution < -0.4 is 0 Å². The van der Waals surface area contributed by atoms with Gasteiger partial charge in [-0.15, -0.1) is 11.3 Å². The Morgan fingerprint density at radius 1 is 0.679 bits per heavy atom. The smallest absolute Gasteiger partial charge is 0.157 e. The second kappa shape index (κ2) is 5.99. The van der Waals surface area contributed by atoms with E-state index in [2.05, 4.69) is 66.7 Å². The monoisotopic (exact) mass is 396 g/mol. The van der Waals surface area contributed by atoms with Crippen LogP contribution in [0.3, 0.4) is 0 Å². The topological polar surface area (TPSA) is 25.8 Å². The molecule has 0 atom stereocenters. The Balaban J connectivity index is 1.76. The van der Waals surface area contributed by atoms with Gasteiger partial charge >= 0.3 is 0 Å². The third-order valence-electron chi connectivity index (χ3n) is 5.19. The molecule has 2 heterocycles. The summed E-state index contributed by atoms with van der Waals surface area (Å²) < 4.78 is 1.18. The van der Waals surface area contributed by atoms with E-state index in [1.807, 2.05) is 12.1 Å². The number of hydrogen-bond donors (Lipinski definition) is 0. The second-order valence-electron chi connectivity index (χ2n) is 6.81. The lowest BCUT2D eigenvalue weighted by Gasteiger charge is -2.11. The van der Waals surface area contributed by atoms with Gasteiger partial charge in [0.1, 0.15) is 16.0 Å². The van der Waals surface area contributed by atoms with Crippen molar-refractivity contribution in [2.75, 3.05) is 0 Å². The summed E-state index contributed by atoms with van der Waals surface area (Å²) in [6, 6.07) is 27.3. The Kier molecular flexibility index (Phi) is 3.42. The predicted octanol–water partition coefficient (Wildman–Crippen LogP) is 7.47. The average Bonchev–Trinajstić information content (AvgIpc) is 3.10. The lowest BCUT2D eigenvalue weighted by atomic mass is 9.96. The number of hydrogen-bond acceptors (Lipinski definition) is 3. The summed E-state index contributed by atoms with van der Waals surface area (Å²) in [5, 5.41) is 6.30. The minimum atomic E-state index is 0.444. The zero-order valence-corrected chi connectivity index (χ0v) is 16.3. The van der Waals surface area contributed by atoms with Crippen LogP contribution in [0.2, 0.25) is 5.15 Å². The van der Waals surface area contributed by atoms with Crippen LogP contribution in [0.25, 0.3) is 53.2 Å². The first-order chi connectivity index (χ1) is 13.8. The summed E-state index contributed by atoms with van der Waals surface area (Å²) in [6.07, 6.45) is 0. The largest absolute Gasteiger partial charge is 0.241 e. The first-order valence-electron chi connectivity index (χ1n) is 9.05. The fourth-order valence-corrected chi connectivity index (χ4v) is 5.22. The summed E-state index contributed by atoms with van der Waals surface area (Å²) in [7, 11) is 0. The van der Waals surface area contributed by atoms with Gasteiger partial charge in [-0.2, -0.15) is 0 Å². The van der Waals surface area contributed by atoms with Crippen molar-refractivity contribution in [2.24, 2.45) is 0 Å². The Morgan fingerprint density at radius 2 is 1.36 bits per heavy atom. The van der Waals surface area contributed by atoms with E-state index < -0.39 is 0 Å². The fourth-order valence-electron chi connectivity index (χ4n) is 3.92. The molecular weight excluding hydrogens is 384 g/mol. The van der Waals surface area contributed by atoms with Gasteiger partial charge in [0.05, 0.1) is 0 Å². The van der Waals surface area contributed by atoms with Gasteiger partial charge in [0, 0.05) is 15.6 Å². The van der Waals surface area contributed by atoms with Gasteiger partial charge in [0.15, 0.2) is 5.15 Å². The van der Waals surface area contributed by atoms with Crippen molar-refractivity contribution in [3.63, 3.8) is 0 Å². The van der Waals surface area contributed by atoms with Gasteiger partial charge in [0.25, 0.3) is 0 Å². The van der Waals surface area contributed by atoms with Crippen LogP contribution in [0.5, 0.6) is 0 Å². The van der Waals surface area contributed by atoms with E-state index in [0.29, 0.717) is 5.15 Å². The highest BCUT2D eigenvalue weighted by Gasteiger charge is 2.16. The summed E-state index contributed by atoms with van der Waals surface area (Å²) in [5.41, 5.74) is 2.67. The van der Waals surface area contributed by atoms with Crippen molar-refractivity contribution in [1.82, 2.24) is 9.97 Å². The molecular formula is C24H13ClN2S. The molecule has 0 N–H and O–H groups in total. The second-order valence-corrected chi connectivity index (χ2v) is 8.19. The highest BCUT2D eigenvalue weighted by Crippen LogP contribution is 2.39.